The molecule has 146 valence electrons. The molecule has 0 unspecified atom stereocenters. The zero-order chi connectivity index (χ0) is 20.4. The van der Waals surface area contributed by atoms with Crippen LogP contribution in [0.2, 0.25) is 0 Å². The molecule has 1 amide bonds. The molecule has 1 heterocycles. The van der Waals surface area contributed by atoms with E-state index in [0.717, 1.165) is 16.3 Å². The fraction of sp³-hybridized carbons (Fsp3) is 0.136. The quantitative estimate of drug-likeness (QED) is 0.500. The van der Waals surface area contributed by atoms with E-state index in [2.05, 4.69) is 10.2 Å². The molecule has 0 radical (unpaired) electrons. The molecule has 4 aromatic rings. The fourth-order valence-corrected chi connectivity index (χ4v) is 3.21. The van der Waals surface area contributed by atoms with E-state index in [4.69, 9.17) is 9.47 Å². The van der Waals surface area contributed by atoms with E-state index in [1.807, 2.05) is 36.4 Å². The second kappa shape index (κ2) is 7.63. The van der Waals surface area contributed by atoms with E-state index >= 15 is 0 Å². The highest BCUT2D eigenvalue weighted by Crippen LogP contribution is 2.39. The van der Waals surface area contributed by atoms with Crippen molar-refractivity contribution in [3.63, 3.8) is 0 Å². The number of aryl methyl sites for hydroxylation is 1. The van der Waals surface area contributed by atoms with Gasteiger partial charge in [-0.15, -0.1) is 10.2 Å². The van der Waals surface area contributed by atoms with E-state index in [0.29, 0.717) is 16.9 Å². The van der Waals surface area contributed by atoms with E-state index in [-0.39, 0.29) is 18.2 Å². The summed E-state index contributed by atoms with van der Waals surface area (Å²) in [5.74, 6) is 0.576. The summed E-state index contributed by atoms with van der Waals surface area (Å²) in [5, 5.41) is 20.6. The summed E-state index contributed by atoms with van der Waals surface area (Å²) in [5.41, 5.74) is 0.955. The lowest BCUT2D eigenvalue weighted by molar-refractivity contribution is -0.120. The van der Waals surface area contributed by atoms with Crippen LogP contribution < -0.4 is 9.47 Å². The highest BCUT2D eigenvalue weighted by molar-refractivity contribution is 5.96. The Morgan fingerprint density at radius 1 is 1.07 bits per heavy atom. The summed E-state index contributed by atoms with van der Waals surface area (Å²) in [6, 6.07) is 18.7. The average molecular weight is 389 g/mol. The van der Waals surface area contributed by atoms with Gasteiger partial charge in [0.2, 0.25) is 5.88 Å². The van der Waals surface area contributed by atoms with Gasteiger partial charge in [0.25, 0.3) is 0 Å². The third kappa shape index (κ3) is 3.50. The molecule has 0 aliphatic carbocycles. The molecule has 29 heavy (non-hydrogen) atoms. The number of hydrogen-bond donors (Lipinski definition) is 1. The molecule has 0 saturated carbocycles. The second-order valence-corrected chi connectivity index (χ2v) is 6.47. The summed E-state index contributed by atoms with van der Waals surface area (Å²) in [6.45, 7) is -0.258. The van der Waals surface area contributed by atoms with Gasteiger partial charge in [-0.2, -0.15) is 0 Å². The van der Waals surface area contributed by atoms with Crippen molar-refractivity contribution in [1.82, 2.24) is 4.57 Å². The van der Waals surface area contributed by atoms with E-state index < -0.39 is 5.91 Å². The topological polar surface area (TPSA) is 85.4 Å². The monoisotopic (exact) mass is 389 g/mol. The number of nitrogens with zero attached hydrogens (tertiary/aromatic N) is 3. The Morgan fingerprint density at radius 2 is 1.86 bits per heavy atom. The highest BCUT2D eigenvalue weighted by Gasteiger charge is 2.15. The van der Waals surface area contributed by atoms with Crippen molar-refractivity contribution in [1.29, 1.82) is 0 Å². The van der Waals surface area contributed by atoms with Gasteiger partial charge in [0, 0.05) is 17.8 Å². The zero-order valence-corrected chi connectivity index (χ0v) is 16.0. The number of benzene rings is 3. The Balaban J connectivity index is 1.55. The standard InChI is InChI=1S/C22H19N3O4/c1-25-18-11-10-15(28-2)12-17(18)21(22(25)27)24-23-20(26)13-29-19-9-5-7-14-6-3-4-8-16(14)19/h3-12,27H,13H2,1-2H3. The minimum atomic E-state index is -0.558. The van der Waals surface area contributed by atoms with Gasteiger partial charge in [-0.3, -0.25) is 4.79 Å². The van der Waals surface area contributed by atoms with Crippen molar-refractivity contribution in [2.45, 2.75) is 0 Å². The number of hydrogen-bond acceptors (Lipinski definition) is 5. The number of ether oxygens (including phenoxy) is 2. The van der Waals surface area contributed by atoms with Gasteiger partial charge in [-0.05, 0) is 29.7 Å². The summed E-state index contributed by atoms with van der Waals surface area (Å²) in [4.78, 5) is 12.2. The Kier molecular flexibility index (Phi) is 4.87. The predicted molar refractivity (Wildman–Crippen MR) is 110 cm³/mol. The van der Waals surface area contributed by atoms with Gasteiger partial charge < -0.3 is 19.1 Å². The van der Waals surface area contributed by atoms with Gasteiger partial charge in [0.05, 0.1) is 12.6 Å². The van der Waals surface area contributed by atoms with Gasteiger partial charge in [0.1, 0.15) is 11.5 Å². The van der Waals surface area contributed by atoms with Crippen LogP contribution in [0, 0.1) is 0 Å². The first kappa shape index (κ1) is 18.5. The van der Waals surface area contributed by atoms with Gasteiger partial charge >= 0.3 is 5.91 Å². The summed E-state index contributed by atoms with van der Waals surface area (Å²) >= 11 is 0. The minimum Gasteiger partial charge on any atom is -0.497 e. The molecular formula is C22H19N3O4. The second-order valence-electron chi connectivity index (χ2n) is 6.47. The Morgan fingerprint density at radius 3 is 2.69 bits per heavy atom. The van der Waals surface area contributed by atoms with Crippen molar-refractivity contribution in [3.8, 4) is 17.4 Å². The number of aromatic nitrogens is 1. The molecule has 1 aromatic heterocycles. The van der Waals surface area contributed by atoms with Crippen LogP contribution in [0.5, 0.6) is 17.4 Å². The minimum absolute atomic E-state index is 0.0835. The third-order valence-corrected chi connectivity index (χ3v) is 4.71. The maximum absolute atomic E-state index is 12.2. The van der Waals surface area contributed by atoms with E-state index in [1.54, 1.807) is 43.0 Å². The van der Waals surface area contributed by atoms with E-state index in [9.17, 15) is 9.90 Å². The van der Waals surface area contributed by atoms with Gasteiger partial charge in [-0.25, -0.2) is 0 Å². The van der Waals surface area contributed by atoms with Crippen LogP contribution in [0.25, 0.3) is 21.7 Å². The number of fused-ring (bicyclic) bond motifs is 2. The maximum Gasteiger partial charge on any atom is 0.302 e. The molecule has 0 atom stereocenters. The normalized spacial score (nSPS) is 11.4. The van der Waals surface area contributed by atoms with Crippen LogP contribution in [-0.4, -0.2) is 29.3 Å². The lowest BCUT2D eigenvalue weighted by atomic mass is 10.1. The SMILES string of the molecule is COc1ccc2c(c1)c(N=NC(=O)COc1cccc3ccccc13)c(O)n2C. The van der Waals surface area contributed by atoms with Crippen LogP contribution >= 0.6 is 0 Å². The lowest BCUT2D eigenvalue weighted by Gasteiger charge is -2.07. The summed E-state index contributed by atoms with van der Waals surface area (Å²) in [7, 11) is 3.26. The maximum atomic E-state index is 12.2. The molecule has 0 saturated heterocycles. The molecule has 0 bridgehead atoms. The summed E-state index contributed by atoms with van der Waals surface area (Å²) in [6.07, 6.45) is 0. The Hall–Kier alpha value is -3.87. The number of carbonyl (C=O) groups is 1. The van der Waals surface area contributed by atoms with Crippen molar-refractivity contribution < 1.29 is 19.4 Å². The number of amides is 1. The first-order valence-electron chi connectivity index (χ1n) is 8.99. The zero-order valence-electron chi connectivity index (χ0n) is 16.0. The third-order valence-electron chi connectivity index (χ3n) is 4.71. The van der Waals surface area contributed by atoms with Crippen LogP contribution in [0.1, 0.15) is 0 Å². The fourth-order valence-electron chi connectivity index (χ4n) is 3.21. The largest absolute Gasteiger partial charge is 0.497 e. The first-order chi connectivity index (χ1) is 14.1. The highest BCUT2D eigenvalue weighted by atomic mass is 16.5. The number of aromatic hydroxyl groups is 1. The smallest absolute Gasteiger partial charge is 0.302 e. The number of methoxy groups -OCH3 is 1. The molecule has 7 nitrogen and oxygen atoms in total. The molecule has 0 aliphatic rings. The molecule has 0 spiro atoms. The molecule has 0 aliphatic heterocycles. The van der Waals surface area contributed by atoms with Crippen LogP contribution in [0.3, 0.4) is 0 Å². The average Bonchev–Trinajstić information content (AvgIpc) is 2.99. The van der Waals surface area contributed by atoms with E-state index in [1.165, 1.54) is 0 Å². The van der Waals surface area contributed by atoms with Crippen LogP contribution in [-0.2, 0) is 11.8 Å². The Labute approximate surface area is 166 Å². The Bertz CT molecular complexity index is 1240. The van der Waals surface area contributed by atoms with Crippen molar-refractivity contribution >= 4 is 33.3 Å². The first-order valence-corrected chi connectivity index (χ1v) is 8.99. The molecule has 7 heteroatoms. The van der Waals surface area contributed by atoms with Crippen molar-refractivity contribution in [2.24, 2.45) is 17.3 Å². The van der Waals surface area contributed by atoms with Crippen LogP contribution in [0.4, 0.5) is 5.69 Å². The number of azo groups is 1. The number of rotatable bonds is 5. The number of carbonyl (C=O) groups excluding carboxylic acids is 1. The molecule has 1 N–H and O–H groups in total. The lowest BCUT2D eigenvalue weighted by Crippen LogP contribution is -2.08. The molecule has 3 aromatic carbocycles. The van der Waals surface area contributed by atoms with Crippen molar-refractivity contribution in [2.75, 3.05) is 13.7 Å². The molecule has 4 rings (SSSR count). The predicted octanol–water partition coefficient (Wildman–Crippen LogP) is 4.74. The summed E-state index contributed by atoms with van der Waals surface area (Å²) < 4.78 is 12.4. The molecule has 0 fully saturated rings. The van der Waals surface area contributed by atoms with Gasteiger partial charge in [0.15, 0.2) is 12.3 Å². The van der Waals surface area contributed by atoms with Crippen molar-refractivity contribution in [3.05, 3.63) is 60.7 Å². The van der Waals surface area contributed by atoms with Gasteiger partial charge in [-0.1, -0.05) is 36.4 Å². The van der Waals surface area contributed by atoms with Crippen LogP contribution in [0.15, 0.2) is 70.9 Å². The molecular weight excluding hydrogens is 370 g/mol.